The molecular formula is C12H14F3NO. The molecule has 0 bridgehead atoms. The quantitative estimate of drug-likeness (QED) is 0.728. The van der Waals surface area contributed by atoms with Crippen LogP contribution in [0.1, 0.15) is 36.0 Å². The topological polar surface area (TPSA) is 22.0 Å². The van der Waals surface area contributed by atoms with Crippen molar-refractivity contribution in [2.75, 3.05) is 0 Å². The average Bonchev–Trinajstić information content (AvgIpc) is 2.96. The minimum Gasteiger partial charge on any atom is -0.354 e. The molecule has 17 heavy (non-hydrogen) atoms. The van der Waals surface area contributed by atoms with Gasteiger partial charge in [-0.2, -0.15) is 13.2 Å². The van der Waals surface area contributed by atoms with E-state index in [1.54, 1.807) is 23.0 Å². The van der Waals surface area contributed by atoms with Crippen molar-refractivity contribution < 1.29 is 18.0 Å². The fourth-order valence-electron chi connectivity index (χ4n) is 1.77. The van der Waals surface area contributed by atoms with Crippen LogP contribution < -0.4 is 0 Å². The van der Waals surface area contributed by atoms with Crippen molar-refractivity contribution in [1.29, 1.82) is 0 Å². The largest absolute Gasteiger partial charge is 0.389 e. The van der Waals surface area contributed by atoms with Crippen LogP contribution in [0.3, 0.4) is 0 Å². The first kappa shape index (κ1) is 12.2. The number of rotatable bonds is 5. The smallest absolute Gasteiger partial charge is 0.354 e. The number of Topliss-reactive ketones (excluding diaryl/α,β-unsaturated/α-hetero) is 1. The molecule has 94 valence electrons. The fraction of sp³-hybridized carbons (Fsp3) is 0.583. The first-order valence-electron chi connectivity index (χ1n) is 5.72. The lowest BCUT2D eigenvalue weighted by Gasteiger charge is -2.06. The van der Waals surface area contributed by atoms with Crippen molar-refractivity contribution >= 4 is 5.78 Å². The van der Waals surface area contributed by atoms with Gasteiger partial charge in [-0.25, -0.2) is 0 Å². The van der Waals surface area contributed by atoms with Crippen LogP contribution in [-0.4, -0.2) is 16.5 Å². The summed E-state index contributed by atoms with van der Waals surface area (Å²) < 4.78 is 37.5. The molecule has 1 aliphatic carbocycles. The van der Waals surface area contributed by atoms with Crippen molar-refractivity contribution in [3.8, 4) is 0 Å². The maximum Gasteiger partial charge on any atom is 0.389 e. The van der Waals surface area contributed by atoms with Gasteiger partial charge in [0.15, 0.2) is 5.78 Å². The number of hydrogen-bond donors (Lipinski definition) is 0. The molecule has 1 saturated carbocycles. The van der Waals surface area contributed by atoms with Gasteiger partial charge in [0, 0.05) is 36.8 Å². The van der Waals surface area contributed by atoms with E-state index in [2.05, 4.69) is 0 Å². The Kier molecular flexibility index (Phi) is 3.26. The second-order valence-electron chi connectivity index (χ2n) is 4.50. The molecule has 0 spiro atoms. The van der Waals surface area contributed by atoms with E-state index in [1.165, 1.54) is 0 Å². The van der Waals surface area contributed by atoms with Gasteiger partial charge < -0.3 is 4.57 Å². The number of ketones is 1. The Hall–Kier alpha value is -1.26. The highest BCUT2D eigenvalue weighted by Crippen LogP contribution is 2.32. The van der Waals surface area contributed by atoms with E-state index in [0.29, 0.717) is 12.1 Å². The summed E-state index contributed by atoms with van der Waals surface area (Å²) in [5.74, 6) is 0.278. The van der Waals surface area contributed by atoms with E-state index in [4.69, 9.17) is 0 Å². The zero-order valence-electron chi connectivity index (χ0n) is 9.33. The Morgan fingerprint density at radius 1 is 1.41 bits per heavy atom. The molecule has 0 saturated heterocycles. The van der Waals surface area contributed by atoms with E-state index in [9.17, 15) is 18.0 Å². The number of nitrogens with zero attached hydrogens (tertiary/aromatic N) is 1. The van der Waals surface area contributed by atoms with E-state index < -0.39 is 12.6 Å². The van der Waals surface area contributed by atoms with Gasteiger partial charge in [0.1, 0.15) is 0 Å². The van der Waals surface area contributed by atoms with E-state index in [0.717, 1.165) is 12.8 Å². The van der Waals surface area contributed by atoms with Crippen molar-refractivity contribution in [3.05, 3.63) is 24.0 Å². The zero-order chi connectivity index (χ0) is 12.5. The van der Waals surface area contributed by atoms with Crippen molar-refractivity contribution in [2.24, 2.45) is 5.92 Å². The maximum absolute atomic E-state index is 11.9. The van der Waals surface area contributed by atoms with Crippen LogP contribution in [0.2, 0.25) is 0 Å². The van der Waals surface area contributed by atoms with Crippen LogP contribution in [0.4, 0.5) is 13.2 Å². The normalized spacial score (nSPS) is 16.2. The first-order chi connectivity index (χ1) is 7.96. The average molecular weight is 245 g/mol. The Balaban J connectivity index is 1.83. The molecule has 1 aromatic rings. The predicted octanol–water partition coefficient (Wildman–Crippen LogP) is 3.42. The minimum absolute atomic E-state index is 0.0508. The van der Waals surface area contributed by atoms with Gasteiger partial charge in [-0.05, 0) is 25.3 Å². The summed E-state index contributed by atoms with van der Waals surface area (Å²) in [7, 11) is 0. The van der Waals surface area contributed by atoms with E-state index >= 15 is 0 Å². The van der Waals surface area contributed by atoms with E-state index in [1.807, 2.05) is 0 Å². The lowest BCUT2D eigenvalue weighted by atomic mass is 10.1. The third-order valence-electron chi connectivity index (χ3n) is 2.86. The molecule has 1 aromatic heterocycles. The predicted molar refractivity (Wildman–Crippen MR) is 56.8 cm³/mol. The summed E-state index contributed by atoms with van der Waals surface area (Å²) in [6.45, 7) is 0.303. The molecule has 2 nitrogen and oxygen atoms in total. The van der Waals surface area contributed by atoms with Crippen LogP contribution in [0.15, 0.2) is 18.5 Å². The summed E-state index contributed by atoms with van der Waals surface area (Å²) in [6, 6.07) is 1.69. The summed E-state index contributed by atoms with van der Waals surface area (Å²) in [5, 5.41) is 0. The molecule has 1 fully saturated rings. The molecule has 2 rings (SSSR count). The molecule has 1 aliphatic rings. The zero-order valence-corrected chi connectivity index (χ0v) is 9.33. The SMILES string of the molecule is O=C(c1ccn(CCCC(F)(F)F)c1)C1CC1. The Bertz CT molecular complexity index is 404. The van der Waals surface area contributed by atoms with Gasteiger partial charge in [0.2, 0.25) is 0 Å². The van der Waals surface area contributed by atoms with Gasteiger partial charge in [0.25, 0.3) is 0 Å². The van der Waals surface area contributed by atoms with Gasteiger partial charge >= 0.3 is 6.18 Å². The van der Waals surface area contributed by atoms with Gasteiger partial charge in [-0.3, -0.25) is 4.79 Å². The monoisotopic (exact) mass is 245 g/mol. The number of halogens is 3. The number of aromatic nitrogens is 1. The molecule has 0 radical (unpaired) electrons. The van der Waals surface area contributed by atoms with Crippen LogP contribution in [-0.2, 0) is 6.54 Å². The second-order valence-corrected chi connectivity index (χ2v) is 4.50. The summed E-state index contributed by atoms with van der Waals surface area (Å²) in [5.41, 5.74) is 0.625. The number of aryl methyl sites for hydroxylation is 1. The fourth-order valence-corrected chi connectivity index (χ4v) is 1.77. The Morgan fingerprint density at radius 3 is 2.71 bits per heavy atom. The molecular weight excluding hydrogens is 231 g/mol. The molecule has 0 amide bonds. The van der Waals surface area contributed by atoms with E-state index in [-0.39, 0.29) is 18.1 Å². The third-order valence-corrected chi connectivity index (χ3v) is 2.86. The minimum atomic E-state index is -4.10. The van der Waals surface area contributed by atoms with Gasteiger partial charge in [0.05, 0.1) is 0 Å². The van der Waals surface area contributed by atoms with Crippen LogP contribution >= 0.6 is 0 Å². The highest BCUT2D eigenvalue weighted by molar-refractivity contribution is 5.99. The summed E-state index contributed by atoms with van der Waals surface area (Å²) in [4.78, 5) is 11.7. The number of alkyl halides is 3. The Morgan fingerprint density at radius 2 is 2.12 bits per heavy atom. The third kappa shape index (κ3) is 3.61. The van der Waals surface area contributed by atoms with Gasteiger partial charge in [-0.15, -0.1) is 0 Å². The summed E-state index contributed by atoms with van der Waals surface area (Å²) in [6.07, 6.45) is 0.380. The molecule has 0 atom stereocenters. The lowest BCUT2D eigenvalue weighted by Crippen LogP contribution is -2.08. The van der Waals surface area contributed by atoms with Crippen molar-refractivity contribution in [1.82, 2.24) is 4.57 Å². The lowest BCUT2D eigenvalue weighted by molar-refractivity contribution is -0.135. The Labute approximate surface area is 97.4 Å². The highest BCUT2D eigenvalue weighted by Gasteiger charge is 2.30. The van der Waals surface area contributed by atoms with Crippen LogP contribution in [0, 0.1) is 5.92 Å². The molecule has 5 heteroatoms. The summed E-state index contributed by atoms with van der Waals surface area (Å²) >= 11 is 0. The van der Waals surface area contributed by atoms with Crippen LogP contribution in [0.5, 0.6) is 0 Å². The first-order valence-corrected chi connectivity index (χ1v) is 5.72. The van der Waals surface area contributed by atoms with Crippen molar-refractivity contribution in [2.45, 2.75) is 38.4 Å². The molecule has 1 heterocycles. The molecule has 0 N–H and O–H groups in total. The molecule has 0 aromatic carbocycles. The molecule has 0 unspecified atom stereocenters. The highest BCUT2D eigenvalue weighted by atomic mass is 19.4. The number of carbonyl (C=O) groups excluding carboxylic acids is 1. The van der Waals surface area contributed by atoms with Gasteiger partial charge in [-0.1, -0.05) is 0 Å². The van der Waals surface area contributed by atoms with Crippen LogP contribution in [0.25, 0.3) is 0 Å². The standard InChI is InChI=1S/C12H14F3NO/c13-12(14,15)5-1-6-16-7-4-10(8-16)11(17)9-2-3-9/h4,7-9H,1-3,5-6H2. The second kappa shape index (κ2) is 4.55. The van der Waals surface area contributed by atoms with Crippen molar-refractivity contribution in [3.63, 3.8) is 0 Å². The maximum atomic E-state index is 11.9. The molecule has 0 aliphatic heterocycles. The number of hydrogen-bond acceptors (Lipinski definition) is 1. The number of carbonyl (C=O) groups is 1.